The Kier molecular flexibility index (Phi) is 7.32. The van der Waals surface area contributed by atoms with Gasteiger partial charge in [0.15, 0.2) is 0 Å². The number of carbonyl (C=O) groups is 2. The van der Waals surface area contributed by atoms with Crippen LogP contribution < -0.4 is 0 Å². The van der Waals surface area contributed by atoms with Crippen molar-refractivity contribution in [3.05, 3.63) is 28.8 Å². The van der Waals surface area contributed by atoms with Crippen LogP contribution in [-0.2, 0) is 31.8 Å². The molecule has 0 unspecified atom stereocenters. The van der Waals surface area contributed by atoms with E-state index in [2.05, 4.69) is 0 Å². The highest BCUT2D eigenvalue weighted by molar-refractivity contribution is 5.80. The number of amides is 1. The molecule has 0 aliphatic heterocycles. The van der Waals surface area contributed by atoms with Crippen LogP contribution in [0.2, 0.25) is 0 Å². The summed E-state index contributed by atoms with van der Waals surface area (Å²) in [4.78, 5) is 30.2. The van der Waals surface area contributed by atoms with Gasteiger partial charge in [-0.1, -0.05) is 69.2 Å². The Balaban J connectivity index is 3.46. The molecule has 0 saturated heterocycles. The molecule has 0 aliphatic rings. The maximum Gasteiger partial charge on any atom is 0.335 e. The highest BCUT2D eigenvalue weighted by Crippen LogP contribution is 2.40. The van der Waals surface area contributed by atoms with E-state index in [1.165, 1.54) is 0 Å². The number of phenolic OH excluding ortho intramolecular Hbond substituents is 1. The van der Waals surface area contributed by atoms with Crippen molar-refractivity contribution in [2.75, 3.05) is 0 Å². The molecule has 0 fully saturated rings. The van der Waals surface area contributed by atoms with Crippen LogP contribution in [0.3, 0.4) is 0 Å². The van der Waals surface area contributed by atoms with Crippen molar-refractivity contribution in [1.29, 1.82) is 0 Å². The van der Waals surface area contributed by atoms with E-state index in [4.69, 9.17) is 4.84 Å². The Labute approximate surface area is 170 Å². The summed E-state index contributed by atoms with van der Waals surface area (Å²) in [5.41, 5.74) is 1.88. The second kappa shape index (κ2) is 8.54. The number of rotatable bonds is 4. The number of carbonyl (C=O) groups excluding carboxylic acids is 2. The smallest absolute Gasteiger partial charge is 0.335 e. The lowest BCUT2D eigenvalue weighted by atomic mass is 9.78. The van der Waals surface area contributed by atoms with Gasteiger partial charge in [-0.3, -0.25) is 4.79 Å². The predicted molar refractivity (Wildman–Crippen MR) is 112 cm³/mol. The molecule has 0 saturated carbocycles. The lowest BCUT2D eigenvalue weighted by molar-refractivity contribution is -0.205. The number of hydroxylamine groups is 2. The third-order valence-electron chi connectivity index (χ3n) is 4.52. The van der Waals surface area contributed by atoms with Gasteiger partial charge in [0.25, 0.3) is 5.91 Å². The minimum atomic E-state index is -0.445. The van der Waals surface area contributed by atoms with Gasteiger partial charge in [0.2, 0.25) is 0 Å². The van der Waals surface area contributed by atoms with E-state index in [0.29, 0.717) is 0 Å². The fourth-order valence-electron chi connectivity index (χ4n) is 2.75. The summed E-state index contributed by atoms with van der Waals surface area (Å²) >= 11 is 0. The van der Waals surface area contributed by atoms with Crippen molar-refractivity contribution in [3.63, 3.8) is 0 Å². The molecule has 0 aromatic heterocycles. The second-order valence-electron chi connectivity index (χ2n) is 10.1. The molecule has 1 rings (SSSR count). The van der Waals surface area contributed by atoms with Gasteiger partial charge in [0, 0.05) is 5.92 Å². The van der Waals surface area contributed by atoms with E-state index in [1.54, 1.807) is 27.7 Å². The van der Waals surface area contributed by atoms with Crippen LogP contribution in [0.25, 0.3) is 0 Å². The van der Waals surface area contributed by atoms with Crippen molar-refractivity contribution < 1.29 is 19.5 Å². The molecule has 0 atom stereocenters. The van der Waals surface area contributed by atoms with Crippen LogP contribution in [0.4, 0.5) is 0 Å². The molecule has 5 heteroatoms. The Morgan fingerprint density at radius 1 is 0.929 bits per heavy atom. The lowest BCUT2D eigenvalue weighted by Crippen LogP contribution is -2.37. The number of aromatic hydroxyl groups is 1. The van der Waals surface area contributed by atoms with Crippen molar-refractivity contribution in [2.24, 2.45) is 11.8 Å². The molecule has 1 aromatic rings. The minimum absolute atomic E-state index is 0.141. The minimum Gasteiger partial charge on any atom is -0.507 e. The van der Waals surface area contributed by atoms with Gasteiger partial charge < -0.3 is 9.94 Å². The van der Waals surface area contributed by atoms with Gasteiger partial charge in [-0.15, -0.1) is 0 Å². The van der Waals surface area contributed by atoms with Crippen LogP contribution >= 0.6 is 0 Å². The summed E-state index contributed by atoms with van der Waals surface area (Å²) in [7, 11) is 0. The van der Waals surface area contributed by atoms with E-state index in [0.717, 1.165) is 21.8 Å². The first-order valence-electron chi connectivity index (χ1n) is 9.95. The maximum atomic E-state index is 12.6. The van der Waals surface area contributed by atoms with Crippen molar-refractivity contribution in [3.8, 4) is 5.75 Å². The molecule has 1 N–H and O–H groups in total. The molecule has 5 nitrogen and oxygen atoms in total. The molecule has 1 amide bonds. The average Bonchev–Trinajstić information content (AvgIpc) is 2.52. The third kappa shape index (κ3) is 5.98. The van der Waals surface area contributed by atoms with E-state index in [9.17, 15) is 14.7 Å². The maximum absolute atomic E-state index is 12.6. The summed E-state index contributed by atoms with van der Waals surface area (Å²) in [6.07, 6.45) is 0. The number of hydrogen-bond acceptors (Lipinski definition) is 4. The van der Waals surface area contributed by atoms with E-state index < -0.39 is 5.97 Å². The third-order valence-corrected chi connectivity index (χ3v) is 4.52. The summed E-state index contributed by atoms with van der Waals surface area (Å²) in [5, 5.41) is 12.0. The van der Waals surface area contributed by atoms with Gasteiger partial charge in [0.1, 0.15) is 5.75 Å². The summed E-state index contributed by atoms with van der Waals surface area (Å²) in [6.45, 7) is 19.4. The summed E-state index contributed by atoms with van der Waals surface area (Å²) < 4.78 is 0. The Bertz CT molecular complexity index is 686. The van der Waals surface area contributed by atoms with Crippen LogP contribution in [0.15, 0.2) is 12.1 Å². The first-order chi connectivity index (χ1) is 12.6. The molecule has 0 heterocycles. The zero-order valence-electron chi connectivity index (χ0n) is 19.1. The average molecular weight is 392 g/mol. The van der Waals surface area contributed by atoms with Crippen LogP contribution in [0, 0.1) is 11.8 Å². The molecule has 0 bridgehead atoms. The number of nitrogens with zero attached hydrogens (tertiary/aromatic N) is 1. The van der Waals surface area contributed by atoms with Crippen LogP contribution in [0.5, 0.6) is 5.75 Å². The van der Waals surface area contributed by atoms with Crippen molar-refractivity contribution in [1.82, 2.24) is 5.06 Å². The normalized spacial score (nSPS) is 12.4. The molecule has 28 heavy (non-hydrogen) atoms. The van der Waals surface area contributed by atoms with Gasteiger partial charge in [-0.2, -0.15) is 5.06 Å². The van der Waals surface area contributed by atoms with E-state index in [1.807, 2.05) is 53.7 Å². The molecule has 0 aliphatic carbocycles. The fraction of sp³-hybridized carbons (Fsp3) is 0.652. The fourth-order valence-corrected chi connectivity index (χ4v) is 2.75. The van der Waals surface area contributed by atoms with Crippen molar-refractivity contribution >= 4 is 11.9 Å². The Morgan fingerprint density at radius 2 is 1.36 bits per heavy atom. The molecule has 1 aromatic carbocycles. The monoisotopic (exact) mass is 391 g/mol. The van der Waals surface area contributed by atoms with Crippen LogP contribution in [0.1, 0.15) is 85.9 Å². The zero-order valence-corrected chi connectivity index (χ0v) is 19.1. The number of benzene rings is 1. The highest BCUT2D eigenvalue weighted by Gasteiger charge is 2.29. The first-order valence-corrected chi connectivity index (χ1v) is 9.95. The second-order valence-corrected chi connectivity index (χ2v) is 10.1. The highest BCUT2D eigenvalue weighted by atomic mass is 16.7. The van der Waals surface area contributed by atoms with E-state index in [-0.39, 0.29) is 40.9 Å². The number of phenols is 1. The van der Waals surface area contributed by atoms with Gasteiger partial charge in [-0.05, 0) is 39.7 Å². The zero-order chi connectivity index (χ0) is 22.0. The lowest BCUT2D eigenvalue weighted by Gasteiger charge is -2.30. The predicted octanol–water partition coefficient (Wildman–Crippen LogP) is 5.09. The van der Waals surface area contributed by atoms with Crippen LogP contribution in [-0.4, -0.2) is 22.0 Å². The quantitative estimate of drug-likeness (QED) is 0.726. The molecule has 0 spiro atoms. The standard InChI is InChI=1S/C23H37NO4/c1-14(2)20(26)24(28-21(27)15(3)4)13-16-11-17(22(5,6)7)19(25)18(12-16)23(8,9)10/h11-12,14-15,25H,13H2,1-10H3. The first kappa shape index (κ1) is 24.0. The summed E-state index contributed by atoms with van der Waals surface area (Å²) in [6, 6.07) is 3.79. The molecular formula is C23H37NO4. The van der Waals surface area contributed by atoms with Crippen molar-refractivity contribution in [2.45, 2.75) is 86.6 Å². The van der Waals surface area contributed by atoms with E-state index >= 15 is 0 Å². The molecule has 0 radical (unpaired) electrons. The topological polar surface area (TPSA) is 66.8 Å². The van der Waals surface area contributed by atoms with Gasteiger partial charge in [-0.25, -0.2) is 4.79 Å². The number of hydrogen-bond donors (Lipinski definition) is 1. The molecular weight excluding hydrogens is 354 g/mol. The summed E-state index contributed by atoms with van der Waals surface area (Å²) in [5.74, 6) is -1.06. The molecule has 158 valence electrons. The Hall–Kier alpha value is -2.04. The Morgan fingerprint density at radius 3 is 1.68 bits per heavy atom. The SMILES string of the molecule is CC(C)C(=O)ON(Cc1cc(C(C)(C)C)c(O)c(C(C)(C)C)c1)C(=O)C(C)C. The van der Waals surface area contributed by atoms with Gasteiger partial charge in [0.05, 0.1) is 12.5 Å². The van der Waals surface area contributed by atoms with Gasteiger partial charge >= 0.3 is 5.97 Å². The largest absolute Gasteiger partial charge is 0.507 e.